The van der Waals surface area contributed by atoms with E-state index in [0.29, 0.717) is 25.3 Å². The summed E-state index contributed by atoms with van der Waals surface area (Å²) >= 11 is 1.50. The lowest BCUT2D eigenvalue weighted by Gasteiger charge is -2.21. The van der Waals surface area contributed by atoms with E-state index in [-0.39, 0.29) is 5.91 Å². The van der Waals surface area contributed by atoms with Gasteiger partial charge in [0.1, 0.15) is 0 Å². The van der Waals surface area contributed by atoms with E-state index in [1.807, 2.05) is 25.9 Å². The van der Waals surface area contributed by atoms with Gasteiger partial charge >= 0.3 is 0 Å². The van der Waals surface area contributed by atoms with Crippen LogP contribution in [0.15, 0.2) is 29.4 Å². The second kappa shape index (κ2) is 8.68. The molecule has 0 N–H and O–H groups in total. The molecular weight excluding hydrogens is 324 g/mol. The van der Waals surface area contributed by atoms with Crippen LogP contribution in [-0.2, 0) is 18.4 Å². The third-order valence-electron chi connectivity index (χ3n) is 3.69. The Balaban J connectivity index is 1.85. The Hall–Kier alpha value is -2.09. The zero-order valence-corrected chi connectivity index (χ0v) is 15.5. The molecule has 0 fully saturated rings. The summed E-state index contributed by atoms with van der Waals surface area (Å²) in [4.78, 5) is 16.3. The summed E-state index contributed by atoms with van der Waals surface area (Å²) in [6.07, 6.45) is 0.473. The lowest BCUT2D eigenvalue weighted by molar-refractivity contribution is -0.131. The van der Waals surface area contributed by atoms with Crippen molar-refractivity contribution in [3.63, 3.8) is 0 Å². The highest BCUT2D eigenvalue weighted by Crippen LogP contribution is 2.16. The van der Waals surface area contributed by atoms with E-state index in [1.54, 1.807) is 11.7 Å². The number of thioether (sulfide) groups is 1. The van der Waals surface area contributed by atoms with E-state index in [0.717, 1.165) is 16.4 Å². The molecule has 0 aliphatic heterocycles. The van der Waals surface area contributed by atoms with Crippen LogP contribution in [-0.4, -0.2) is 57.4 Å². The van der Waals surface area contributed by atoms with E-state index in [4.69, 9.17) is 0 Å². The van der Waals surface area contributed by atoms with Gasteiger partial charge in [-0.25, -0.2) is 4.68 Å². The van der Waals surface area contributed by atoms with Gasteiger partial charge in [0.15, 0.2) is 0 Å². The van der Waals surface area contributed by atoms with Crippen LogP contribution in [0.3, 0.4) is 0 Å². The summed E-state index contributed by atoms with van der Waals surface area (Å²) in [7, 11) is 5.82. The van der Waals surface area contributed by atoms with Gasteiger partial charge in [-0.15, -0.1) is 5.10 Å². The quantitative estimate of drug-likeness (QED) is 0.678. The van der Waals surface area contributed by atoms with Gasteiger partial charge in [0, 0.05) is 52.1 Å². The Morgan fingerprint density at radius 2 is 1.96 bits per heavy atom. The van der Waals surface area contributed by atoms with Crippen LogP contribution >= 0.6 is 11.8 Å². The molecule has 0 unspecified atom stereocenters. The number of tetrazole rings is 1. The first-order valence-corrected chi connectivity index (χ1v) is 8.89. The fourth-order valence-electron chi connectivity index (χ4n) is 2.23. The Labute approximate surface area is 147 Å². The van der Waals surface area contributed by atoms with Crippen molar-refractivity contribution in [3.05, 3.63) is 29.8 Å². The van der Waals surface area contributed by atoms with E-state index in [1.165, 1.54) is 11.8 Å². The monoisotopic (exact) mass is 348 g/mol. The molecular formula is C16H24N6OS. The predicted octanol–water partition coefficient (Wildman–Crippen LogP) is 1.81. The average Bonchev–Trinajstić information content (AvgIpc) is 2.98. The summed E-state index contributed by atoms with van der Waals surface area (Å²) in [5.74, 6) is 0.820. The number of nitrogens with zero attached hydrogens (tertiary/aromatic N) is 6. The molecule has 2 aromatic rings. The molecule has 7 nitrogen and oxygen atoms in total. The predicted molar refractivity (Wildman–Crippen MR) is 96.0 cm³/mol. The number of hydrogen-bond acceptors (Lipinski definition) is 6. The fraction of sp³-hybridized carbons (Fsp3) is 0.500. The van der Waals surface area contributed by atoms with Crippen molar-refractivity contribution in [3.8, 4) is 0 Å². The van der Waals surface area contributed by atoms with Crippen molar-refractivity contribution in [2.24, 2.45) is 7.05 Å². The molecule has 0 spiro atoms. The van der Waals surface area contributed by atoms with Gasteiger partial charge in [0.2, 0.25) is 11.1 Å². The summed E-state index contributed by atoms with van der Waals surface area (Å²) in [5.41, 5.74) is 2.29. The normalized spacial score (nSPS) is 10.7. The molecule has 0 bridgehead atoms. The van der Waals surface area contributed by atoms with Crippen molar-refractivity contribution in [1.82, 2.24) is 25.1 Å². The van der Waals surface area contributed by atoms with E-state index in [9.17, 15) is 4.79 Å². The molecule has 0 saturated heterocycles. The topological polar surface area (TPSA) is 67.2 Å². The van der Waals surface area contributed by atoms with E-state index in [2.05, 4.69) is 44.7 Å². The van der Waals surface area contributed by atoms with Crippen LogP contribution in [0.25, 0.3) is 0 Å². The smallest absolute Gasteiger partial charge is 0.223 e. The zero-order valence-electron chi connectivity index (χ0n) is 14.6. The molecule has 0 aliphatic carbocycles. The number of hydrogen-bond donors (Lipinski definition) is 0. The standard InChI is InChI=1S/C16H24N6OS/c1-5-22(12-13-6-8-14(9-7-13)20(2)3)15(23)10-11-24-16-17-18-19-21(16)4/h6-9H,5,10-12H2,1-4H3. The highest BCUT2D eigenvalue weighted by Gasteiger charge is 2.13. The molecule has 130 valence electrons. The molecule has 24 heavy (non-hydrogen) atoms. The number of aromatic nitrogens is 4. The molecule has 2 rings (SSSR count). The minimum atomic E-state index is 0.150. The summed E-state index contributed by atoms with van der Waals surface area (Å²) in [6.45, 7) is 3.34. The highest BCUT2D eigenvalue weighted by atomic mass is 32.2. The molecule has 8 heteroatoms. The van der Waals surface area contributed by atoms with Gasteiger partial charge in [0.25, 0.3) is 0 Å². The first-order valence-electron chi connectivity index (χ1n) is 7.90. The van der Waals surface area contributed by atoms with E-state index >= 15 is 0 Å². The van der Waals surface area contributed by atoms with Crippen molar-refractivity contribution >= 4 is 23.4 Å². The second-order valence-electron chi connectivity index (χ2n) is 5.65. The maximum atomic E-state index is 12.4. The van der Waals surface area contributed by atoms with Gasteiger partial charge in [-0.3, -0.25) is 4.79 Å². The van der Waals surface area contributed by atoms with Crippen molar-refractivity contribution in [1.29, 1.82) is 0 Å². The number of aryl methyl sites for hydroxylation is 1. The number of benzene rings is 1. The largest absolute Gasteiger partial charge is 0.378 e. The average molecular weight is 348 g/mol. The molecule has 0 atom stereocenters. The van der Waals surface area contributed by atoms with Crippen LogP contribution in [0.1, 0.15) is 18.9 Å². The summed E-state index contributed by atoms with van der Waals surface area (Å²) < 4.78 is 1.61. The van der Waals surface area contributed by atoms with Gasteiger partial charge < -0.3 is 9.80 Å². The Morgan fingerprint density at radius 1 is 1.25 bits per heavy atom. The number of amides is 1. The zero-order chi connectivity index (χ0) is 17.5. The summed E-state index contributed by atoms with van der Waals surface area (Å²) in [5, 5.41) is 12.0. The molecule has 1 aromatic carbocycles. The maximum absolute atomic E-state index is 12.4. The molecule has 0 aliphatic rings. The van der Waals surface area contributed by atoms with Crippen LogP contribution in [0.2, 0.25) is 0 Å². The van der Waals surface area contributed by atoms with Crippen LogP contribution in [0.4, 0.5) is 5.69 Å². The van der Waals surface area contributed by atoms with Gasteiger partial charge in [0.05, 0.1) is 0 Å². The number of carbonyl (C=O) groups excluding carboxylic acids is 1. The molecule has 1 aromatic heterocycles. The molecule has 0 saturated carbocycles. The number of rotatable bonds is 8. The Morgan fingerprint density at radius 3 is 2.50 bits per heavy atom. The Bertz CT molecular complexity index is 655. The second-order valence-corrected chi connectivity index (χ2v) is 6.71. The van der Waals surface area contributed by atoms with Gasteiger partial charge in [-0.05, 0) is 35.0 Å². The molecule has 0 radical (unpaired) electrons. The lowest BCUT2D eigenvalue weighted by Crippen LogP contribution is -2.30. The van der Waals surface area contributed by atoms with Gasteiger partial charge in [-0.2, -0.15) is 0 Å². The van der Waals surface area contributed by atoms with Crippen LogP contribution in [0, 0.1) is 0 Å². The number of anilines is 1. The third kappa shape index (κ3) is 4.95. The van der Waals surface area contributed by atoms with Crippen LogP contribution < -0.4 is 4.90 Å². The van der Waals surface area contributed by atoms with Gasteiger partial charge in [-0.1, -0.05) is 23.9 Å². The molecule has 1 heterocycles. The highest BCUT2D eigenvalue weighted by molar-refractivity contribution is 7.99. The van der Waals surface area contributed by atoms with Crippen molar-refractivity contribution in [2.75, 3.05) is 31.3 Å². The lowest BCUT2D eigenvalue weighted by atomic mass is 10.2. The SMILES string of the molecule is CCN(Cc1ccc(N(C)C)cc1)C(=O)CCSc1nnnn1C. The Kier molecular flexibility index (Phi) is 6.60. The minimum absolute atomic E-state index is 0.150. The number of carbonyl (C=O) groups is 1. The van der Waals surface area contributed by atoms with Crippen LogP contribution in [0.5, 0.6) is 0 Å². The van der Waals surface area contributed by atoms with E-state index < -0.39 is 0 Å². The fourth-order valence-corrected chi connectivity index (χ4v) is 3.00. The maximum Gasteiger partial charge on any atom is 0.223 e. The third-order valence-corrected chi connectivity index (χ3v) is 4.70. The van der Waals surface area contributed by atoms with Crippen molar-refractivity contribution in [2.45, 2.75) is 25.0 Å². The minimum Gasteiger partial charge on any atom is -0.378 e. The first kappa shape index (κ1) is 18.3. The summed E-state index contributed by atoms with van der Waals surface area (Å²) in [6, 6.07) is 8.30. The molecule has 1 amide bonds. The van der Waals surface area contributed by atoms with Crippen molar-refractivity contribution < 1.29 is 4.79 Å². The first-order chi connectivity index (χ1) is 11.5.